The lowest BCUT2D eigenvalue weighted by atomic mass is 10.1. The van der Waals surface area contributed by atoms with E-state index in [1.165, 1.54) is 30.9 Å². The van der Waals surface area contributed by atoms with Gasteiger partial charge in [0.15, 0.2) is 17.3 Å². The molecule has 29 heavy (non-hydrogen) atoms. The Bertz CT molecular complexity index is 1010. The van der Waals surface area contributed by atoms with Gasteiger partial charge >= 0.3 is 6.61 Å². The Kier molecular flexibility index (Phi) is 6.48. The molecule has 2 aromatic carbocycles. The SMILES string of the molecule is COc1cc(C(=O)Nc2nn(Cc3ccc(C)cc3)cc2Br)ccc1OC(F)F. The molecule has 0 saturated carbocycles. The van der Waals surface area contributed by atoms with Crippen molar-refractivity contribution in [1.29, 1.82) is 0 Å². The number of methoxy groups -OCH3 is 1. The number of halogens is 3. The van der Waals surface area contributed by atoms with Gasteiger partial charge in [-0.1, -0.05) is 29.8 Å². The number of aromatic nitrogens is 2. The standard InChI is InChI=1S/C20H18BrF2N3O3/c1-12-3-5-13(6-4-12)10-26-11-15(21)18(25-26)24-19(27)14-7-8-16(29-20(22)23)17(9-14)28-2/h3-9,11,20H,10H2,1-2H3,(H,24,25,27). The molecule has 0 fully saturated rings. The second-order valence-corrected chi connectivity index (χ2v) is 7.06. The van der Waals surface area contributed by atoms with Crippen molar-refractivity contribution in [2.45, 2.75) is 20.1 Å². The molecule has 0 aliphatic rings. The molecule has 0 spiro atoms. The third-order valence-corrected chi connectivity index (χ3v) is 4.64. The first kappa shape index (κ1) is 20.8. The zero-order valence-electron chi connectivity index (χ0n) is 15.7. The Morgan fingerprint density at radius 3 is 2.59 bits per heavy atom. The molecule has 3 rings (SSSR count). The van der Waals surface area contributed by atoms with E-state index >= 15 is 0 Å². The number of nitrogens with one attached hydrogen (secondary N) is 1. The Balaban J connectivity index is 1.73. The molecule has 1 heterocycles. The van der Waals surface area contributed by atoms with Crippen LogP contribution >= 0.6 is 15.9 Å². The first-order chi connectivity index (χ1) is 13.9. The number of nitrogens with zero attached hydrogens (tertiary/aromatic N) is 2. The zero-order valence-corrected chi connectivity index (χ0v) is 17.2. The third kappa shape index (κ3) is 5.32. The van der Waals surface area contributed by atoms with Crippen molar-refractivity contribution >= 4 is 27.7 Å². The smallest absolute Gasteiger partial charge is 0.387 e. The van der Waals surface area contributed by atoms with Crippen LogP contribution in [0.15, 0.2) is 53.1 Å². The number of ether oxygens (including phenoxy) is 2. The maximum absolute atomic E-state index is 12.5. The lowest BCUT2D eigenvalue weighted by Gasteiger charge is -2.11. The maximum Gasteiger partial charge on any atom is 0.387 e. The summed E-state index contributed by atoms with van der Waals surface area (Å²) in [6.07, 6.45) is 1.76. The van der Waals surface area contributed by atoms with Crippen molar-refractivity contribution in [3.05, 3.63) is 69.8 Å². The summed E-state index contributed by atoms with van der Waals surface area (Å²) in [4.78, 5) is 12.5. The summed E-state index contributed by atoms with van der Waals surface area (Å²) in [5.41, 5.74) is 2.45. The summed E-state index contributed by atoms with van der Waals surface area (Å²) in [7, 11) is 1.30. The summed E-state index contributed by atoms with van der Waals surface area (Å²) >= 11 is 3.38. The fourth-order valence-electron chi connectivity index (χ4n) is 2.63. The molecule has 0 bridgehead atoms. The minimum Gasteiger partial charge on any atom is -0.493 e. The minimum absolute atomic E-state index is 0.0296. The maximum atomic E-state index is 12.5. The molecule has 9 heteroatoms. The first-order valence-electron chi connectivity index (χ1n) is 8.58. The van der Waals surface area contributed by atoms with Gasteiger partial charge in [0.05, 0.1) is 18.1 Å². The highest BCUT2D eigenvalue weighted by Crippen LogP contribution is 2.30. The van der Waals surface area contributed by atoms with Gasteiger partial charge in [-0.25, -0.2) is 0 Å². The highest BCUT2D eigenvalue weighted by Gasteiger charge is 2.16. The second-order valence-electron chi connectivity index (χ2n) is 6.21. The number of hydrogen-bond donors (Lipinski definition) is 1. The topological polar surface area (TPSA) is 65.4 Å². The van der Waals surface area contributed by atoms with Gasteiger partial charge in [0.25, 0.3) is 5.91 Å². The van der Waals surface area contributed by atoms with E-state index in [4.69, 9.17) is 4.74 Å². The van der Waals surface area contributed by atoms with Crippen molar-refractivity contribution in [3.8, 4) is 11.5 Å². The molecule has 0 radical (unpaired) electrons. The van der Waals surface area contributed by atoms with Crippen molar-refractivity contribution in [1.82, 2.24) is 9.78 Å². The molecule has 1 N–H and O–H groups in total. The van der Waals surface area contributed by atoms with Crippen LogP contribution in [-0.2, 0) is 6.54 Å². The van der Waals surface area contributed by atoms with Crippen LogP contribution < -0.4 is 14.8 Å². The summed E-state index contributed by atoms with van der Waals surface area (Å²) in [6.45, 7) is -0.428. The number of hydrogen-bond acceptors (Lipinski definition) is 4. The van der Waals surface area contributed by atoms with E-state index in [9.17, 15) is 13.6 Å². The molecule has 1 aromatic heterocycles. The van der Waals surface area contributed by atoms with E-state index in [0.29, 0.717) is 16.8 Å². The van der Waals surface area contributed by atoms with E-state index in [2.05, 4.69) is 31.1 Å². The summed E-state index contributed by atoms with van der Waals surface area (Å²) in [5.74, 6) is -0.244. The van der Waals surface area contributed by atoms with Gasteiger partial charge in [0.2, 0.25) is 0 Å². The molecule has 0 unspecified atom stereocenters. The Labute approximate surface area is 174 Å². The van der Waals surface area contributed by atoms with Gasteiger partial charge in [-0.2, -0.15) is 13.9 Å². The highest BCUT2D eigenvalue weighted by atomic mass is 79.9. The number of carbonyl (C=O) groups is 1. The summed E-state index contributed by atoms with van der Waals surface area (Å²) < 4.78 is 36.6. The van der Waals surface area contributed by atoms with Crippen molar-refractivity contribution in [2.24, 2.45) is 0 Å². The quantitative estimate of drug-likeness (QED) is 0.540. The predicted molar refractivity (Wildman–Crippen MR) is 108 cm³/mol. The second kappa shape index (κ2) is 9.04. The van der Waals surface area contributed by atoms with Crippen LogP contribution in [0.5, 0.6) is 11.5 Å². The van der Waals surface area contributed by atoms with Gasteiger partial charge in [0, 0.05) is 11.8 Å². The Morgan fingerprint density at radius 1 is 1.21 bits per heavy atom. The van der Waals surface area contributed by atoms with Crippen LogP contribution in [0.1, 0.15) is 21.5 Å². The van der Waals surface area contributed by atoms with E-state index in [0.717, 1.165) is 5.56 Å². The van der Waals surface area contributed by atoms with E-state index in [1.54, 1.807) is 10.9 Å². The monoisotopic (exact) mass is 465 g/mol. The van der Waals surface area contributed by atoms with E-state index < -0.39 is 12.5 Å². The van der Waals surface area contributed by atoms with Crippen LogP contribution in [0.25, 0.3) is 0 Å². The van der Waals surface area contributed by atoms with Crippen molar-refractivity contribution in [2.75, 3.05) is 12.4 Å². The molecular weight excluding hydrogens is 448 g/mol. The fourth-order valence-corrected chi connectivity index (χ4v) is 3.04. The number of aryl methyl sites for hydroxylation is 1. The van der Waals surface area contributed by atoms with Gasteiger partial charge in [-0.05, 0) is 46.6 Å². The normalized spacial score (nSPS) is 10.8. The molecule has 0 aliphatic heterocycles. The molecule has 6 nitrogen and oxygen atoms in total. The van der Waals surface area contributed by atoms with Crippen molar-refractivity contribution in [3.63, 3.8) is 0 Å². The Morgan fingerprint density at radius 2 is 1.93 bits per heavy atom. The van der Waals surface area contributed by atoms with E-state index in [1.807, 2.05) is 31.2 Å². The molecule has 0 saturated heterocycles. The van der Waals surface area contributed by atoms with Crippen molar-refractivity contribution < 1.29 is 23.0 Å². The van der Waals surface area contributed by atoms with Crippen LogP contribution in [0.3, 0.4) is 0 Å². The number of amides is 1. The molecule has 0 aliphatic carbocycles. The predicted octanol–water partition coefficient (Wildman–Crippen LogP) is 4.86. The molecule has 0 atom stereocenters. The number of benzene rings is 2. The van der Waals surface area contributed by atoms with Gasteiger partial charge in [0.1, 0.15) is 0 Å². The number of rotatable bonds is 7. The largest absolute Gasteiger partial charge is 0.493 e. The Hall–Kier alpha value is -2.94. The van der Waals surface area contributed by atoms with Gasteiger partial charge in [-0.3, -0.25) is 9.48 Å². The summed E-state index contributed by atoms with van der Waals surface area (Å²) in [5, 5.41) is 7.07. The minimum atomic E-state index is -2.99. The number of alkyl halides is 2. The zero-order chi connectivity index (χ0) is 21.0. The van der Waals surface area contributed by atoms with Crippen LogP contribution in [0.4, 0.5) is 14.6 Å². The fraction of sp³-hybridized carbons (Fsp3) is 0.200. The molecular formula is C20H18BrF2N3O3. The molecule has 1 amide bonds. The lowest BCUT2D eigenvalue weighted by molar-refractivity contribution is -0.0512. The number of carbonyl (C=O) groups excluding carboxylic acids is 1. The number of anilines is 1. The average molecular weight is 466 g/mol. The highest BCUT2D eigenvalue weighted by molar-refractivity contribution is 9.10. The van der Waals surface area contributed by atoms with E-state index in [-0.39, 0.29) is 17.1 Å². The van der Waals surface area contributed by atoms with Gasteiger partial charge < -0.3 is 14.8 Å². The molecule has 152 valence electrons. The van der Waals surface area contributed by atoms with Crippen LogP contribution in [0, 0.1) is 6.92 Å². The van der Waals surface area contributed by atoms with Gasteiger partial charge in [-0.15, -0.1) is 0 Å². The third-order valence-electron chi connectivity index (χ3n) is 4.06. The molecule has 3 aromatic rings. The first-order valence-corrected chi connectivity index (χ1v) is 9.37. The lowest BCUT2D eigenvalue weighted by Crippen LogP contribution is -2.14. The van der Waals surface area contributed by atoms with Crippen LogP contribution in [-0.4, -0.2) is 29.4 Å². The average Bonchev–Trinajstić information content (AvgIpc) is 3.02. The summed E-state index contributed by atoms with van der Waals surface area (Å²) in [6, 6.07) is 12.0. The van der Waals surface area contributed by atoms with Crippen LogP contribution in [0.2, 0.25) is 0 Å².